The summed E-state index contributed by atoms with van der Waals surface area (Å²) in [5.74, 6) is 0.253. The van der Waals surface area contributed by atoms with E-state index < -0.39 is 0 Å². The summed E-state index contributed by atoms with van der Waals surface area (Å²) in [5.41, 5.74) is 5.84. The van der Waals surface area contributed by atoms with Crippen molar-refractivity contribution in [3.8, 4) is 0 Å². The number of aliphatic hydroxyl groups excluding tert-OH is 1. The van der Waals surface area contributed by atoms with Crippen molar-refractivity contribution in [1.82, 2.24) is 19.9 Å². The first kappa shape index (κ1) is 19.8. The van der Waals surface area contributed by atoms with Gasteiger partial charge < -0.3 is 16.2 Å². The molecule has 0 bridgehead atoms. The van der Waals surface area contributed by atoms with E-state index in [1.165, 1.54) is 42.7 Å². The molecule has 1 aliphatic rings. The second-order valence-corrected chi connectivity index (χ2v) is 6.44. The van der Waals surface area contributed by atoms with Gasteiger partial charge in [0.05, 0.1) is 0 Å². The molecule has 8 heteroatoms. The fraction of sp³-hybridized carbons (Fsp3) is 0.556. The van der Waals surface area contributed by atoms with Crippen LogP contribution in [0.1, 0.15) is 45.4 Å². The molecule has 2 aromatic heterocycles. The summed E-state index contributed by atoms with van der Waals surface area (Å²) >= 11 is 0. The number of rotatable bonds is 4. The zero-order valence-electron chi connectivity index (χ0n) is 15.1. The lowest BCUT2D eigenvalue weighted by atomic mass is 9.95. The number of anilines is 1. The van der Waals surface area contributed by atoms with E-state index >= 15 is 0 Å². The van der Waals surface area contributed by atoms with Gasteiger partial charge in [-0.1, -0.05) is 19.3 Å². The van der Waals surface area contributed by atoms with Crippen LogP contribution in [-0.2, 0) is 11.3 Å². The highest BCUT2D eigenvalue weighted by Gasteiger charge is 2.12. The molecule has 2 heterocycles. The monoisotopic (exact) mass is 361 g/mol. The highest BCUT2D eigenvalue weighted by molar-refractivity contribution is 5.74. The maximum Gasteiger partial charge on any atom is 0.252 e. The van der Waals surface area contributed by atoms with Crippen molar-refractivity contribution in [2.24, 2.45) is 0 Å². The molecule has 0 spiro atoms. The van der Waals surface area contributed by atoms with Crippen LogP contribution in [0.5, 0.6) is 0 Å². The van der Waals surface area contributed by atoms with Gasteiger partial charge in [0.1, 0.15) is 5.65 Å². The molecule has 0 aromatic carbocycles. The van der Waals surface area contributed by atoms with Crippen molar-refractivity contribution in [3.63, 3.8) is 0 Å². The number of carbonyl (C=O) groups excluding carboxylic acids is 1. The van der Waals surface area contributed by atoms with Gasteiger partial charge in [-0.15, -0.1) is 0 Å². The summed E-state index contributed by atoms with van der Waals surface area (Å²) in [4.78, 5) is 30.1. The summed E-state index contributed by atoms with van der Waals surface area (Å²) in [7, 11) is 0. The smallest absolute Gasteiger partial charge is 0.252 e. The summed E-state index contributed by atoms with van der Waals surface area (Å²) < 4.78 is 1.49. The minimum Gasteiger partial charge on any atom is -0.396 e. The van der Waals surface area contributed by atoms with E-state index in [9.17, 15) is 9.59 Å². The van der Waals surface area contributed by atoms with Crippen LogP contribution < -0.4 is 16.6 Å². The van der Waals surface area contributed by atoms with E-state index in [0.717, 1.165) is 5.39 Å². The van der Waals surface area contributed by atoms with Crippen molar-refractivity contribution in [1.29, 1.82) is 0 Å². The largest absolute Gasteiger partial charge is 0.396 e. The Balaban J connectivity index is 0.000000209. The number of carbonyl (C=O) groups is 1. The molecule has 1 saturated carbocycles. The molecule has 2 aromatic rings. The number of amides is 1. The Morgan fingerprint density at radius 1 is 1.35 bits per heavy atom. The maximum absolute atomic E-state index is 11.6. The number of nitrogens with one attached hydrogen (secondary N) is 1. The van der Waals surface area contributed by atoms with Gasteiger partial charge in [0, 0.05) is 43.8 Å². The SMILES string of the molecule is CC(=O)NC1CCCCC1.Nc1ncc2ccc(=O)n(CCCO)c2n1. The lowest BCUT2D eigenvalue weighted by Crippen LogP contribution is -2.34. The first-order valence-corrected chi connectivity index (χ1v) is 9.01. The Bertz CT molecular complexity index is 784. The molecule has 1 amide bonds. The summed E-state index contributed by atoms with van der Waals surface area (Å²) in [6.45, 7) is 2.04. The van der Waals surface area contributed by atoms with Crippen LogP contribution in [0.4, 0.5) is 5.95 Å². The number of aryl methyl sites for hydroxylation is 1. The van der Waals surface area contributed by atoms with Crippen LogP contribution in [0, 0.1) is 0 Å². The first-order chi connectivity index (χ1) is 12.5. The minimum absolute atomic E-state index is 0.0311. The molecular weight excluding hydrogens is 334 g/mol. The van der Waals surface area contributed by atoms with Gasteiger partial charge in [-0.2, -0.15) is 4.98 Å². The molecule has 1 fully saturated rings. The second kappa shape index (κ2) is 9.86. The third-order valence-electron chi connectivity index (χ3n) is 4.29. The second-order valence-electron chi connectivity index (χ2n) is 6.44. The van der Waals surface area contributed by atoms with Crippen molar-refractivity contribution < 1.29 is 9.90 Å². The molecule has 1 aliphatic carbocycles. The number of aliphatic hydroxyl groups is 1. The number of fused-ring (bicyclic) bond motifs is 1. The number of nitrogen functional groups attached to an aromatic ring is 1. The molecule has 4 N–H and O–H groups in total. The van der Waals surface area contributed by atoms with Gasteiger partial charge in [-0.25, -0.2) is 4.98 Å². The van der Waals surface area contributed by atoms with Crippen molar-refractivity contribution in [2.45, 2.75) is 58.0 Å². The molecular formula is C18H27N5O3. The van der Waals surface area contributed by atoms with Crippen LogP contribution in [0.2, 0.25) is 0 Å². The van der Waals surface area contributed by atoms with Crippen LogP contribution in [0.25, 0.3) is 11.0 Å². The van der Waals surface area contributed by atoms with E-state index in [4.69, 9.17) is 10.8 Å². The van der Waals surface area contributed by atoms with Crippen molar-refractivity contribution in [2.75, 3.05) is 12.3 Å². The third-order valence-corrected chi connectivity index (χ3v) is 4.29. The highest BCUT2D eigenvalue weighted by Crippen LogP contribution is 2.17. The van der Waals surface area contributed by atoms with Gasteiger partial charge in [-0.05, 0) is 25.3 Å². The van der Waals surface area contributed by atoms with Crippen LogP contribution >= 0.6 is 0 Å². The van der Waals surface area contributed by atoms with E-state index in [1.54, 1.807) is 19.2 Å². The Labute approximate surface area is 152 Å². The number of hydrogen-bond donors (Lipinski definition) is 3. The predicted octanol–water partition coefficient (Wildman–Crippen LogP) is 1.21. The van der Waals surface area contributed by atoms with Gasteiger partial charge in [-0.3, -0.25) is 14.2 Å². The van der Waals surface area contributed by atoms with Crippen LogP contribution in [-0.4, -0.2) is 38.2 Å². The molecule has 8 nitrogen and oxygen atoms in total. The van der Waals surface area contributed by atoms with Crippen LogP contribution in [0.15, 0.2) is 23.1 Å². The molecule has 3 rings (SSSR count). The van der Waals surface area contributed by atoms with Gasteiger partial charge in [0.15, 0.2) is 0 Å². The first-order valence-electron chi connectivity index (χ1n) is 9.01. The third kappa shape index (κ3) is 5.80. The molecule has 0 unspecified atom stereocenters. The number of pyridine rings is 1. The van der Waals surface area contributed by atoms with E-state index in [0.29, 0.717) is 24.7 Å². The van der Waals surface area contributed by atoms with Crippen molar-refractivity contribution >= 4 is 22.9 Å². The zero-order chi connectivity index (χ0) is 18.9. The Kier molecular flexibility index (Phi) is 7.53. The van der Waals surface area contributed by atoms with Gasteiger partial charge in [0.25, 0.3) is 5.56 Å². The van der Waals surface area contributed by atoms with E-state index in [1.807, 2.05) is 0 Å². The Hall–Kier alpha value is -2.48. The lowest BCUT2D eigenvalue weighted by molar-refractivity contribution is -0.119. The Morgan fingerprint density at radius 2 is 2.08 bits per heavy atom. The quantitative estimate of drug-likeness (QED) is 0.752. The minimum atomic E-state index is -0.154. The van der Waals surface area contributed by atoms with Gasteiger partial charge in [0.2, 0.25) is 11.9 Å². The summed E-state index contributed by atoms with van der Waals surface area (Å²) in [6.07, 6.45) is 8.35. The van der Waals surface area contributed by atoms with Crippen LogP contribution in [0.3, 0.4) is 0 Å². The summed E-state index contributed by atoms with van der Waals surface area (Å²) in [5, 5.41) is 12.5. The number of hydrogen-bond acceptors (Lipinski definition) is 6. The molecule has 0 aliphatic heterocycles. The fourth-order valence-electron chi connectivity index (χ4n) is 3.06. The average Bonchev–Trinajstić information content (AvgIpc) is 2.62. The predicted molar refractivity (Wildman–Crippen MR) is 101 cm³/mol. The molecule has 26 heavy (non-hydrogen) atoms. The molecule has 142 valence electrons. The maximum atomic E-state index is 11.6. The van der Waals surface area contributed by atoms with Crippen molar-refractivity contribution in [3.05, 3.63) is 28.7 Å². The molecule has 0 radical (unpaired) electrons. The standard InChI is InChI=1S/C10H12N4O2.C8H15NO/c11-10-12-6-7-2-3-8(16)14(4-1-5-15)9(7)13-10;1-7(10)9-8-5-3-2-4-6-8/h2-3,6,15H,1,4-5H2,(H2,11,12,13);8H,2-6H2,1H3,(H,9,10). The fourth-order valence-corrected chi connectivity index (χ4v) is 3.06. The topological polar surface area (TPSA) is 123 Å². The molecule has 0 saturated heterocycles. The zero-order valence-corrected chi connectivity index (χ0v) is 15.1. The van der Waals surface area contributed by atoms with E-state index in [-0.39, 0.29) is 24.0 Å². The summed E-state index contributed by atoms with van der Waals surface area (Å²) in [6, 6.07) is 3.59. The normalized spacial score (nSPS) is 14.5. The number of nitrogens with zero attached hydrogens (tertiary/aromatic N) is 3. The highest BCUT2D eigenvalue weighted by atomic mass is 16.3. The average molecular weight is 361 g/mol. The van der Waals surface area contributed by atoms with Gasteiger partial charge >= 0.3 is 0 Å². The Morgan fingerprint density at radius 3 is 2.73 bits per heavy atom. The number of nitrogens with two attached hydrogens (primary N) is 1. The lowest BCUT2D eigenvalue weighted by Gasteiger charge is -2.21. The number of aromatic nitrogens is 3. The molecule has 0 atom stereocenters. The van der Waals surface area contributed by atoms with E-state index in [2.05, 4.69) is 15.3 Å².